The third-order valence-corrected chi connectivity index (χ3v) is 5.28. The Balaban J connectivity index is 1.62. The van der Waals surface area contributed by atoms with Gasteiger partial charge in [-0.3, -0.25) is 9.78 Å². The van der Waals surface area contributed by atoms with E-state index in [0.717, 1.165) is 32.7 Å². The van der Waals surface area contributed by atoms with Crippen molar-refractivity contribution in [2.75, 3.05) is 5.32 Å². The van der Waals surface area contributed by atoms with Gasteiger partial charge in [-0.15, -0.1) is 4.80 Å². The van der Waals surface area contributed by atoms with Gasteiger partial charge in [-0.25, -0.2) is 4.98 Å². The number of carbonyl (C=O) groups excluding carboxylic acids is 1. The molecule has 4 rings (SSSR count). The normalized spacial score (nSPS) is 11.4. The predicted molar refractivity (Wildman–Crippen MR) is 114 cm³/mol. The summed E-state index contributed by atoms with van der Waals surface area (Å²) in [6.45, 7) is 0. The highest BCUT2D eigenvalue weighted by Gasteiger charge is 2.36. The number of hydrogen-bond acceptors (Lipinski definition) is 5. The van der Waals surface area contributed by atoms with Crippen LogP contribution in [-0.4, -0.2) is 30.9 Å². The average Bonchev–Trinajstić information content (AvgIpc) is 3.28. The average molecular weight is 524 g/mol. The molecule has 1 aromatic carbocycles. The molecule has 0 aliphatic heterocycles. The van der Waals surface area contributed by atoms with Gasteiger partial charge in [-0.2, -0.15) is 23.4 Å². The number of pyridine rings is 2. The van der Waals surface area contributed by atoms with Gasteiger partial charge in [0.05, 0.1) is 34.9 Å². The van der Waals surface area contributed by atoms with Gasteiger partial charge in [0.25, 0.3) is 5.91 Å². The first kappa shape index (κ1) is 21.9. The molecule has 3 aromatic heterocycles. The van der Waals surface area contributed by atoms with Crippen LogP contribution in [0.4, 0.5) is 18.9 Å². The number of hydrogen-bond donors (Lipinski definition) is 1. The summed E-state index contributed by atoms with van der Waals surface area (Å²) in [6.07, 6.45) is 2.04. The van der Waals surface area contributed by atoms with Crippen molar-refractivity contribution in [3.63, 3.8) is 0 Å². The number of anilines is 1. The minimum atomic E-state index is -4.74. The fourth-order valence-electron chi connectivity index (χ4n) is 2.89. The molecule has 0 unspecified atom stereocenters. The van der Waals surface area contributed by atoms with E-state index in [9.17, 15) is 18.0 Å². The predicted octanol–water partition coefficient (Wildman–Crippen LogP) is 5.41. The molecular weight excluding hydrogens is 513 g/mol. The van der Waals surface area contributed by atoms with E-state index >= 15 is 0 Å². The molecule has 7 nitrogen and oxygen atoms in total. The number of amides is 1. The van der Waals surface area contributed by atoms with Crippen LogP contribution in [0.25, 0.3) is 16.9 Å². The van der Waals surface area contributed by atoms with Crippen LogP contribution < -0.4 is 5.32 Å². The Bertz CT molecular complexity index is 1300. The monoisotopic (exact) mass is 522 g/mol. The zero-order valence-corrected chi connectivity index (χ0v) is 18.1. The second-order valence-corrected chi connectivity index (χ2v) is 7.68. The Morgan fingerprint density at radius 2 is 1.81 bits per heavy atom. The van der Waals surface area contributed by atoms with Gasteiger partial charge < -0.3 is 5.32 Å². The lowest BCUT2D eigenvalue weighted by Crippen LogP contribution is -2.17. The van der Waals surface area contributed by atoms with Gasteiger partial charge >= 0.3 is 6.18 Å². The first-order valence-electron chi connectivity index (χ1n) is 8.89. The van der Waals surface area contributed by atoms with Crippen molar-refractivity contribution < 1.29 is 18.0 Å². The second kappa shape index (κ2) is 8.67. The minimum Gasteiger partial charge on any atom is -0.321 e. The smallest absolute Gasteiger partial charge is 0.321 e. The van der Waals surface area contributed by atoms with Gasteiger partial charge in [0, 0.05) is 16.9 Å². The SMILES string of the molecule is O=C(Nc1cnc(-n2nccn2)c(C(F)(F)F)c1)c1ccc(-c2ccncc2Br)cc1Cl. The molecule has 0 saturated carbocycles. The van der Waals surface area contributed by atoms with Crippen LogP contribution in [0.1, 0.15) is 15.9 Å². The summed E-state index contributed by atoms with van der Waals surface area (Å²) in [4.78, 5) is 21.2. The molecule has 0 spiro atoms. The first-order valence-corrected chi connectivity index (χ1v) is 10.1. The van der Waals surface area contributed by atoms with Crippen LogP contribution >= 0.6 is 27.5 Å². The number of aromatic nitrogens is 5. The third kappa shape index (κ3) is 4.48. The fraction of sp³-hybridized carbons (Fsp3) is 0.0500. The number of benzene rings is 1. The summed E-state index contributed by atoms with van der Waals surface area (Å²) in [6, 6.07) is 7.28. The van der Waals surface area contributed by atoms with Gasteiger partial charge in [0.15, 0.2) is 5.82 Å². The topological polar surface area (TPSA) is 85.6 Å². The molecule has 0 atom stereocenters. The maximum absolute atomic E-state index is 13.5. The van der Waals surface area contributed by atoms with Gasteiger partial charge in [0.1, 0.15) is 5.56 Å². The van der Waals surface area contributed by atoms with E-state index in [1.807, 2.05) is 0 Å². The van der Waals surface area contributed by atoms with Crippen LogP contribution in [0.2, 0.25) is 5.02 Å². The van der Waals surface area contributed by atoms with Crippen molar-refractivity contribution in [1.82, 2.24) is 25.0 Å². The lowest BCUT2D eigenvalue weighted by Gasteiger charge is -2.14. The molecule has 0 aliphatic carbocycles. The molecule has 3 heterocycles. The molecule has 1 N–H and O–H groups in total. The number of rotatable bonds is 4. The van der Waals surface area contributed by atoms with Gasteiger partial charge in [0.2, 0.25) is 0 Å². The maximum Gasteiger partial charge on any atom is 0.420 e. The lowest BCUT2D eigenvalue weighted by molar-refractivity contribution is -0.137. The van der Waals surface area contributed by atoms with Crippen molar-refractivity contribution in [2.45, 2.75) is 6.18 Å². The molecule has 0 saturated heterocycles. The van der Waals surface area contributed by atoms with E-state index in [0.29, 0.717) is 0 Å². The molecule has 162 valence electrons. The van der Waals surface area contributed by atoms with Crippen molar-refractivity contribution in [3.8, 4) is 16.9 Å². The molecule has 0 fully saturated rings. The van der Waals surface area contributed by atoms with Crippen LogP contribution in [-0.2, 0) is 6.18 Å². The summed E-state index contributed by atoms with van der Waals surface area (Å²) in [7, 11) is 0. The second-order valence-electron chi connectivity index (χ2n) is 6.42. The Hall–Kier alpha value is -3.31. The van der Waals surface area contributed by atoms with E-state index in [1.165, 1.54) is 18.5 Å². The van der Waals surface area contributed by atoms with Crippen LogP contribution in [0.15, 0.2) is 65.8 Å². The maximum atomic E-state index is 13.5. The van der Waals surface area contributed by atoms with E-state index in [-0.39, 0.29) is 16.3 Å². The lowest BCUT2D eigenvalue weighted by atomic mass is 10.0. The number of alkyl halides is 3. The Kier molecular flexibility index (Phi) is 5.94. The van der Waals surface area contributed by atoms with E-state index in [4.69, 9.17) is 11.6 Å². The van der Waals surface area contributed by atoms with Crippen LogP contribution in [0.3, 0.4) is 0 Å². The zero-order chi connectivity index (χ0) is 22.9. The standard InChI is InChI=1S/C20H11BrClF3N6O/c21-16-10-26-4-3-13(16)11-1-2-14(17(22)7-11)19(32)30-12-8-15(20(23,24)25)18(27-9-12)31-28-5-6-29-31/h1-10H,(H,30,32). The quantitative estimate of drug-likeness (QED) is 0.387. The van der Waals surface area contributed by atoms with Crippen LogP contribution in [0, 0.1) is 0 Å². The molecule has 1 amide bonds. The zero-order valence-electron chi connectivity index (χ0n) is 15.8. The fourth-order valence-corrected chi connectivity index (χ4v) is 3.64. The molecule has 12 heteroatoms. The molecule has 32 heavy (non-hydrogen) atoms. The third-order valence-electron chi connectivity index (χ3n) is 4.34. The number of nitrogens with one attached hydrogen (secondary N) is 1. The molecule has 0 aliphatic rings. The summed E-state index contributed by atoms with van der Waals surface area (Å²) in [5, 5.41) is 9.89. The highest BCUT2D eigenvalue weighted by Crippen LogP contribution is 2.35. The highest BCUT2D eigenvalue weighted by atomic mass is 79.9. The van der Waals surface area contributed by atoms with E-state index in [1.54, 1.807) is 30.6 Å². The van der Waals surface area contributed by atoms with E-state index < -0.39 is 23.5 Å². The summed E-state index contributed by atoms with van der Waals surface area (Å²) in [5.74, 6) is -1.19. The molecule has 0 bridgehead atoms. The number of nitrogens with zero attached hydrogens (tertiary/aromatic N) is 5. The highest BCUT2D eigenvalue weighted by molar-refractivity contribution is 9.10. The summed E-state index contributed by atoms with van der Waals surface area (Å²) < 4.78 is 41.3. The van der Waals surface area contributed by atoms with Crippen molar-refractivity contribution >= 4 is 39.1 Å². The van der Waals surface area contributed by atoms with Gasteiger partial charge in [-0.1, -0.05) is 17.7 Å². The van der Waals surface area contributed by atoms with Crippen molar-refractivity contribution in [3.05, 3.63) is 81.9 Å². The summed E-state index contributed by atoms with van der Waals surface area (Å²) in [5.41, 5.74) is 0.381. The van der Waals surface area contributed by atoms with Crippen molar-refractivity contribution in [1.29, 1.82) is 0 Å². The van der Waals surface area contributed by atoms with Gasteiger partial charge in [-0.05, 0) is 51.3 Å². The number of carbonyl (C=O) groups is 1. The first-order chi connectivity index (χ1) is 15.2. The Morgan fingerprint density at radius 1 is 1.06 bits per heavy atom. The molecule has 4 aromatic rings. The summed E-state index contributed by atoms with van der Waals surface area (Å²) >= 11 is 9.68. The Morgan fingerprint density at radius 3 is 2.47 bits per heavy atom. The number of halogens is 5. The Labute approximate surface area is 192 Å². The molecule has 0 radical (unpaired) electrons. The minimum absolute atomic E-state index is 0.0898. The van der Waals surface area contributed by atoms with Crippen LogP contribution in [0.5, 0.6) is 0 Å². The molecular formula is C20H11BrClF3N6O. The largest absolute Gasteiger partial charge is 0.420 e. The van der Waals surface area contributed by atoms with E-state index in [2.05, 4.69) is 41.4 Å². The van der Waals surface area contributed by atoms with Crippen molar-refractivity contribution in [2.24, 2.45) is 0 Å².